The molecule has 2 heterocycles. The van der Waals surface area contributed by atoms with Gasteiger partial charge in [-0.25, -0.2) is 4.98 Å². The predicted octanol–water partition coefficient (Wildman–Crippen LogP) is 0.704. The summed E-state index contributed by atoms with van der Waals surface area (Å²) in [5, 5.41) is 18.7. The summed E-state index contributed by atoms with van der Waals surface area (Å²) in [6.07, 6.45) is -0.820. The SMILES string of the molecule is Cc1ccc(C[n+]2csc([C@H](O)CO)c2C)c(N)n1. The van der Waals surface area contributed by atoms with Crippen molar-refractivity contribution in [1.29, 1.82) is 0 Å². The van der Waals surface area contributed by atoms with Crippen LogP contribution in [-0.4, -0.2) is 21.8 Å². The van der Waals surface area contributed by atoms with Gasteiger partial charge in [0.05, 0.1) is 12.2 Å². The van der Waals surface area contributed by atoms with Gasteiger partial charge < -0.3 is 15.9 Å². The van der Waals surface area contributed by atoms with Crippen LogP contribution in [0.2, 0.25) is 0 Å². The number of rotatable bonds is 4. The van der Waals surface area contributed by atoms with Gasteiger partial charge in [0.1, 0.15) is 16.8 Å². The number of aliphatic hydroxyl groups excluding tert-OH is 2. The van der Waals surface area contributed by atoms with Crippen LogP contribution in [0.25, 0.3) is 0 Å². The summed E-state index contributed by atoms with van der Waals surface area (Å²) in [5.41, 5.74) is 10.6. The molecule has 0 aromatic carbocycles. The number of aromatic nitrogens is 2. The first-order chi connectivity index (χ1) is 9.02. The molecular formula is C13H18N3O2S+. The van der Waals surface area contributed by atoms with Gasteiger partial charge >= 0.3 is 0 Å². The fourth-order valence-electron chi connectivity index (χ4n) is 1.91. The molecule has 0 aliphatic heterocycles. The summed E-state index contributed by atoms with van der Waals surface area (Å²) < 4.78 is 2.00. The summed E-state index contributed by atoms with van der Waals surface area (Å²) in [6.45, 7) is 4.16. The maximum absolute atomic E-state index is 9.69. The Bertz CT molecular complexity index is 583. The zero-order chi connectivity index (χ0) is 14.0. The Labute approximate surface area is 116 Å². The average molecular weight is 280 g/mol. The third-order valence-corrected chi connectivity index (χ3v) is 4.24. The molecule has 0 amide bonds. The molecule has 6 heteroatoms. The minimum Gasteiger partial charge on any atom is -0.393 e. The van der Waals surface area contributed by atoms with Crippen LogP contribution < -0.4 is 10.3 Å². The van der Waals surface area contributed by atoms with Crippen LogP contribution in [0.5, 0.6) is 0 Å². The van der Waals surface area contributed by atoms with Crippen molar-refractivity contribution in [3.8, 4) is 0 Å². The van der Waals surface area contributed by atoms with Crippen LogP contribution in [0.4, 0.5) is 5.82 Å². The third-order valence-electron chi connectivity index (χ3n) is 3.06. The first kappa shape index (κ1) is 13.9. The fourth-order valence-corrected chi connectivity index (χ4v) is 2.90. The van der Waals surface area contributed by atoms with Crippen LogP contribution >= 0.6 is 11.3 Å². The number of hydrogen-bond acceptors (Lipinski definition) is 5. The summed E-state index contributed by atoms with van der Waals surface area (Å²) in [4.78, 5) is 5.01. The monoisotopic (exact) mass is 280 g/mol. The number of pyridine rings is 1. The van der Waals surface area contributed by atoms with Gasteiger partial charge in [-0.15, -0.1) is 0 Å². The molecular weight excluding hydrogens is 262 g/mol. The van der Waals surface area contributed by atoms with Crippen LogP contribution in [-0.2, 0) is 6.54 Å². The maximum atomic E-state index is 9.69. The van der Waals surface area contributed by atoms with E-state index in [1.807, 2.05) is 36.1 Å². The van der Waals surface area contributed by atoms with E-state index in [9.17, 15) is 5.11 Å². The first-order valence-electron chi connectivity index (χ1n) is 6.01. The number of nitrogens with zero attached hydrogens (tertiary/aromatic N) is 2. The molecule has 0 radical (unpaired) electrons. The molecule has 0 spiro atoms. The van der Waals surface area contributed by atoms with Crippen molar-refractivity contribution in [2.45, 2.75) is 26.5 Å². The minimum atomic E-state index is -0.820. The zero-order valence-electron chi connectivity index (χ0n) is 11.0. The fraction of sp³-hybridized carbons (Fsp3) is 0.385. The first-order valence-corrected chi connectivity index (χ1v) is 6.89. The lowest BCUT2D eigenvalue weighted by Gasteiger charge is -2.04. The number of thiazole rings is 1. The molecule has 5 nitrogen and oxygen atoms in total. The average Bonchev–Trinajstić information content (AvgIpc) is 2.73. The van der Waals surface area contributed by atoms with Crippen molar-refractivity contribution < 1.29 is 14.8 Å². The van der Waals surface area contributed by atoms with Crippen molar-refractivity contribution in [2.24, 2.45) is 0 Å². The Balaban J connectivity index is 2.26. The molecule has 2 rings (SSSR count). The van der Waals surface area contributed by atoms with Gasteiger partial charge in [-0.3, -0.25) is 0 Å². The molecule has 0 bridgehead atoms. The summed E-state index contributed by atoms with van der Waals surface area (Å²) in [7, 11) is 0. The van der Waals surface area contributed by atoms with E-state index in [0.29, 0.717) is 12.4 Å². The number of aliphatic hydroxyl groups is 2. The maximum Gasteiger partial charge on any atom is 0.225 e. The normalized spacial score (nSPS) is 12.6. The van der Waals surface area contributed by atoms with E-state index in [4.69, 9.17) is 10.8 Å². The second kappa shape index (κ2) is 5.64. The Morgan fingerprint density at radius 2 is 2.16 bits per heavy atom. The van der Waals surface area contributed by atoms with E-state index >= 15 is 0 Å². The lowest BCUT2D eigenvalue weighted by Crippen LogP contribution is -2.35. The molecule has 4 N–H and O–H groups in total. The molecule has 0 unspecified atom stereocenters. The number of anilines is 1. The molecule has 0 fully saturated rings. The van der Waals surface area contributed by atoms with Gasteiger partial charge in [0.2, 0.25) is 5.51 Å². The van der Waals surface area contributed by atoms with Crippen LogP contribution in [0.15, 0.2) is 17.6 Å². The molecule has 0 aliphatic carbocycles. The van der Waals surface area contributed by atoms with Gasteiger partial charge in [-0.05, 0) is 19.1 Å². The molecule has 0 saturated carbocycles. The molecule has 2 aromatic rings. The quantitative estimate of drug-likeness (QED) is 0.720. The lowest BCUT2D eigenvalue weighted by atomic mass is 10.2. The van der Waals surface area contributed by atoms with Gasteiger partial charge in [0.15, 0.2) is 12.2 Å². The lowest BCUT2D eigenvalue weighted by molar-refractivity contribution is -0.689. The van der Waals surface area contributed by atoms with E-state index in [2.05, 4.69) is 4.98 Å². The van der Waals surface area contributed by atoms with Gasteiger partial charge in [0.25, 0.3) is 0 Å². The Morgan fingerprint density at radius 1 is 1.42 bits per heavy atom. The van der Waals surface area contributed by atoms with E-state index < -0.39 is 6.10 Å². The van der Waals surface area contributed by atoms with Crippen LogP contribution in [0.1, 0.15) is 27.9 Å². The van der Waals surface area contributed by atoms with E-state index in [1.165, 1.54) is 11.3 Å². The Kier molecular flexibility index (Phi) is 4.14. The number of hydrogen-bond donors (Lipinski definition) is 3. The molecule has 19 heavy (non-hydrogen) atoms. The summed E-state index contributed by atoms with van der Waals surface area (Å²) >= 11 is 1.43. The molecule has 1 atom stereocenters. The van der Waals surface area contributed by atoms with Crippen molar-refractivity contribution >= 4 is 17.2 Å². The largest absolute Gasteiger partial charge is 0.393 e. The van der Waals surface area contributed by atoms with E-state index in [1.54, 1.807) is 0 Å². The van der Waals surface area contributed by atoms with Crippen molar-refractivity contribution in [1.82, 2.24) is 4.98 Å². The number of nitrogens with two attached hydrogens (primary N) is 1. The Morgan fingerprint density at radius 3 is 2.79 bits per heavy atom. The molecule has 102 valence electrons. The highest BCUT2D eigenvalue weighted by Crippen LogP contribution is 2.20. The van der Waals surface area contributed by atoms with Crippen molar-refractivity contribution in [3.05, 3.63) is 39.5 Å². The van der Waals surface area contributed by atoms with Crippen LogP contribution in [0.3, 0.4) is 0 Å². The highest BCUT2D eigenvalue weighted by molar-refractivity contribution is 7.09. The van der Waals surface area contributed by atoms with Crippen molar-refractivity contribution in [2.75, 3.05) is 12.3 Å². The number of nitrogen functional groups attached to an aromatic ring is 1. The highest BCUT2D eigenvalue weighted by Gasteiger charge is 2.21. The summed E-state index contributed by atoms with van der Waals surface area (Å²) in [6, 6.07) is 3.89. The number of aryl methyl sites for hydroxylation is 1. The second-order valence-electron chi connectivity index (χ2n) is 4.50. The molecule has 0 aliphatic rings. The second-order valence-corrected chi connectivity index (χ2v) is 5.38. The van der Waals surface area contributed by atoms with Crippen LogP contribution in [0, 0.1) is 13.8 Å². The third kappa shape index (κ3) is 2.91. The summed E-state index contributed by atoms with van der Waals surface area (Å²) in [5.74, 6) is 0.530. The highest BCUT2D eigenvalue weighted by atomic mass is 32.1. The molecule has 0 saturated heterocycles. The van der Waals surface area contributed by atoms with E-state index in [-0.39, 0.29) is 6.61 Å². The van der Waals surface area contributed by atoms with Gasteiger partial charge in [0, 0.05) is 12.6 Å². The Hall–Kier alpha value is -1.50. The smallest absolute Gasteiger partial charge is 0.225 e. The molecule has 2 aromatic heterocycles. The minimum absolute atomic E-state index is 0.268. The van der Waals surface area contributed by atoms with Gasteiger partial charge in [-0.1, -0.05) is 11.3 Å². The zero-order valence-corrected chi connectivity index (χ0v) is 11.8. The van der Waals surface area contributed by atoms with Crippen molar-refractivity contribution in [3.63, 3.8) is 0 Å². The standard InChI is InChI=1S/C13H18N3O2S/c1-8-3-4-10(13(14)15-8)5-16-7-19-12(9(16)2)11(18)6-17/h3-4,7,11,17-18H,5-6H2,1-2H3,(H2,14,15)/q+1/t11-/m1/s1. The topological polar surface area (TPSA) is 83.2 Å². The predicted molar refractivity (Wildman–Crippen MR) is 73.8 cm³/mol. The van der Waals surface area contributed by atoms with Gasteiger partial charge in [-0.2, -0.15) is 4.57 Å². The van der Waals surface area contributed by atoms with E-state index in [0.717, 1.165) is 21.8 Å².